The summed E-state index contributed by atoms with van der Waals surface area (Å²) in [6, 6.07) is 11.2. The van der Waals surface area contributed by atoms with Gasteiger partial charge in [0.25, 0.3) is 0 Å². The summed E-state index contributed by atoms with van der Waals surface area (Å²) in [6.45, 7) is -1.03. The first-order chi connectivity index (χ1) is 15.7. The van der Waals surface area contributed by atoms with Crippen molar-refractivity contribution in [1.82, 2.24) is 10.6 Å². The smallest absolute Gasteiger partial charge is 0.407 e. The third kappa shape index (κ3) is 10.9. The molecule has 0 saturated carbocycles. The van der Waals surface area contributed by atoms with E-state index in [1.54, 1.807) is 48.5 Å². The van der Waals surface area contributed by atoms with Gasteiger partial charge >= 0.3 is 12.2 Å². The molecule has 2 rings (SSSR count). The van der Waals surface area contributed by atoms with E-state index < -0.39 is 45.1 Å². The Kier molecular flexibility index (Phi) is 11.3. The first kappa shape index (κ1) is 29.5. The number of rotatable bonds is 7. The van der Waals surface area contributed by atoms with Crippen LogP contribution in [0.15, 0.2) is 48.5 Å². The van der Waals surface area contributed by atoms with E-state index in [1.165, 1.54) is 0 Å². The molecule has 0 unspecified atom stereocenters. The predicted octanol–water partition coefficient (Wildman–Crippen LogP) is 7.97. The van der Waals surface area contributed by atoms with Crippen LogP contribution in [-0.2, 0) is 9.47 Å². The molecule has 0 aliphatic rings. The van der Waals surface area contributed by atoms with Crippen molar-refractivity contribution in [2.24, 2.45) is 0 Å². The Morgan fingerprint density at radius 1 is 0.647 bits per heavy atom. The molecule has 0 aliphatic carbocycles. The molecule has 34 heavy (non-hydrogen) atoms. The number of alkyl halides is 6. The minimum Gasteiger partial charge on any atom is -0.445 e. The van der Waals surface area contributed by atoms with Crippen molar-refractivity contribution in [2.45, 2.75) is 19.7 Å². The molecule has 2 atom stereocenters. The summed E-state index contributed by atoms with van der Waals surface area (Å²) in [5.74, 6) is 0. The van der Waals surface area contributed by atoms with Gasteiger partial charge in [-0.1, -0.05) is 117 Å². The van der Waals surface area contributed by atoms with Gasteiger partial charge in [0.05, 0.1) is 12.1 Å². The maximum atomic E-state index is 12.5. The van der Waals surface area contributed by atoms with E-state index in [2.05, 4.69) is 10.6 Å². The largest absolute Gasteiger partial charge is 0.445 e. The summed E-state index contributed by atoms with van der Waals surface area (Å²) in [6.07, 6.45) is -1.83. The molecule has 2 amide bonds. The van der Waals surface area contributed by atoms with Gasteiger partial charge in [0.15, 0.2) is 0 Å². The molecule has 0 bridgehead atoms. The van der Waals surface area contributed by atoms with Gasteiger partial charge in [-0.25, -0.2) is 9.59 Å². The van der Waals surface area contributed by atoms with Crippen molar-refractivity contribution < 1.29 is 19.1 Å². The van der Waals surface area contributed by atoms with Gasteiger partial charge < -0.3 is 20.1 Å². The van der Waals surface area contributed by atoms with Gasteiger partial charge in [0, 0.05) is 10.0 Å². The second-order valence-corrected chi connectivity index (χ2v) is 12.6. The molecule has 0 aliphatic heterocycles. The second kappa shape index (κ2) is 13.0. The molecular weight excluding hydrogens is 616 g/mol. The molecule has 2 aromatic carbocycles. The lowest BCUT2D eigenvalue weighted by atomic mass is 9.93. The van der Waals surface area contributed by atoms with E-state index in [0.29, 0.717) is 21.2 Å². The zero-order chi connectivity index (χ0) is 25.5. The fraction of sp³-hybridized carbons (Fsp3) is 0.300. The van der Waals surface area contributed by atoms with E-state index in [-0.39, 0.29) is 0 Å². The van der Waals surface area contributed by atoms with Crippen LogP contribution in [0.5, 0.6) is 0 Å². The molecule has 0 heterocycles. The Morgan fingerprint density at radius 3 is 1.21 bits per heavy atom. The average molecular weight is 632 g/mol. The molecule has 2 aromatic rings. The van der Waals surface area contributed by atoms with E-state index >= 15 is 0 Å². The van der Waals surface area contributed by atoms with Gasteiger partial charge in [-0.05, 0) is 35.4 Å². The number of nitrogens with one attached hydrogen (secondary N) is 2. The number of carbonyl (C=O) groups excluding carboxylic acids is 2. The number of ether oxygens (including phenoxy) is 2. The number of halogens is 8. The summed E-state index contributed by atoms with van der Waals surface area (Å²) in [5, 5.41) is 6.22. The molecule has 0 radical (unpaired) electrons. The van der Waals surface area contributed by atoms with Crippen molar-refractivity contribution in [2.75, 3.05) is 13.2 Å². The van der Waals surface area contributed by atoms with Crippen LogP contribution in [0.3, 0.4) is 0 Å². The van der Waals surface area contributed by atoms with E-state index in [4.69, 9.17) is 102 Å². The van der Waals surface area contributed by atoms with Crippen LogP contribution in [0.2, 0.25) is 10.0 Å². The maximum Gasteiger partial charge on any atom is 0.407 e. The second-order valence-electron chi connectivity index (χ2n) is 6.73. The fourth-order valence-electron chi connectivity index (χ4n) is 2.69. The first-order valence-electron chi connectivity index (χ1n) is 9.24. The van der Waals surface area contributed by atoms with Crippen molar-refractivity contribution >= 4 is 105 Å². The number of alkyl carbamates (subject to hydrolysis) is 2. The number of carbonyl (C=O) groups is 2. The topological polar surface area (TPSA) is 76.7 Å². The molecular formula is C20H16Cl8N2O4. The fourth-order valence-corrected chi connectivity index (χ4v) is 3.27. The molecule has 186 valence electrons. The summed E-state index contributed by atoms with van der Waals surface area (Å²) in [7, 11) is 0. The molecule has 6 nitrogen and oxygen atoms in total. The normalized spacial score (nSPS) is 13.5. The lowest BCUT2D eigenvalue weighted by Crippen LogP contribution is -2.42. The van der Waals surface area contributed by atoms with Crippen LogP contribution in [0.4, 0.5) is 9.59 Å². The third-order valence-corrected chi connectivity index (χ3v) is 5.23. The van der Waals surface area contributed by atoms with Gasteiger partial charge in [0.2, 0.25) is 7.59 Å². The molecule has 0 aromatic heterocycles. The van der Waals surface area contributed by atoms with Crippen molar-refractivity contribution in [1.29, 1.82) is 0 Å². The Labute approximate surface area is 235 Å². The summed E-state index contributed by atoms with van der Waals surface area (Å²) in [5.41, 5.74) is 1.11. The lowest BCUT2D eigenvalue weighted by molar-refractivity contribution is 0.132. The van der Waals surface area contributed by atoms with Crippen LogP contribution in [0.25, 0.3) is 0 Å². The Bertz CT molecular complexity index is 883. The Hall–Kier alpha value is -0.700. The third-order valence-electron chi connectivity index (χ3n) is 4.07. The highest BCUT2D eigenvalue weighted by Crippen LogP contribution is 2.32. The van der Waals surface area contributed by atoms with E-state index in [9.17, 15) is 9.59 Å². The Balaban J connectivity index is 2.39. The minimum atomic E-state index is -1.82. The average Bonchev–Trinajstić information content (AvgIpc) is 2.74. The SMILES string of the molecule is O=C(N[C@@H](c1ccc(Cl)cc1)[C@@H](NC(=O)OCC(Cl)(Cl)Cl)c1ccc(Cl)cc1)OCC(Cl)(Cl)Cl. The van der Waals surface area contributed by atoms with E-state index in [1.807, 2.05) is 0 Å². The van der Waals surface area contributed by atoms with Gasteiger partial charge in [-0.3, -0.25) is 0 Å². The zero-order valence-electron chi connectivity index (χ0n) is 16.8. The summed E-state index contributed by atoms with van der Waals surface area (Å²) < 4.78 is 6.36. The van der Waals surface area contributed by atoms with Crippen LogP contribution in [0.1, 0.15) is 23.2 Å². The zero-order valence-corrected chi connectivity index (χ0v) is 22.9. The molecule has 0 saturated heterocycles. The highest BCUT2D eigenvalue weighted by atomic mass is 35.6. The van der Waals surface area contributed by atoms with Crippen LogP contribution in [0, 0.1) is 0 Å². The predicted molar refractivity (Wildman–Crippen MR) is 138 cm³/mol. The van der Waals surface area contributed by atoms with Gasteiger partial charge in [-0.15, -0.1) is 0 Å². The molecule has 0 spiro atoms. The first-order valence-corrected chi connectivity index (χ1v) is 12.3. The van der Waals surface area contributed by atoms with Gasteiger partial charge in [-0.2, -0.15) is 0 Å². The number of hydrogen-bond donors (Lipinski definition) is 2. The number of hydrogen-bond acceptors (Lipinski definition) is 4. The highest BCUT2D eigenvalue weighted by Gasteiger charge is 2.31. The highest BCUT2D eigenvalue weighted by molar-refractivity contribution is 6.68. The minimum absolute atomic E-state index is 0.458. The van der Waals surface area contributed by atoms with Crippen LogP contribution >= 0.6 is 92.8 Å². The van der Waals surface area contributed by atoms with Gasteiger partial charge in [0.1, 0.15) is 13.2 Å². The standard InChI is InChI=1S/C20H16Cl8N2O4/c21-13-5-1-11(2-6-13)15(29-17(31)33-9-19(23,24)25)16(12-3-7-14(22)8-4-12)30-18(32)34-10-20(26,27)28/h1-8,15-16H,9-10H2,(H,29,31)(H,30,32)/t15-,16-/m0/s1. The van der Waals surface area contributed by atoms with Crippen LogP contribution in [-0.4, -0.2) is 33.0 Å². The molecule has 0 fully saturated rings. The van der Waals surface area contributed by atoms with Crippen molar-refractivity contribution in [3.63, 3.8) is 0 Å². The monoisotopic (exact) mass is 628 g/mol. The van der Waals surface area contributed by atoms with Crippen molar-refractivity contribution in [3.8, 4) is 0 Å². The molecule has 2 N–H and O–H groups in total. The van der Waals surface area contributed by atoms with E-state index in [0.717, 1.165) is 0 Å². The lowest BCUT2D eigenvalue weighted by Gasteiger charge is -2.29. The summed E-state index contributed by atoms with van der Waals surface area (Å²) in [4.78, 5) is 25.0. The summed E-state index contributed by atoms with van der Waals surface area (Å²) >= 11 is 45.9. The quantitative estimate of drug-likeness (QED) is 0.304. The maximum absolute atomic E-state index is 12.5. The van der Waals surface area contributed by atoms with Crippen LogP contribution < -0.4 is 10.6 Å². The molecule has 14 heteroatoms. The number of benzene rings is 2. The number of amides is 2. The Morgan fingerprint density at radius 2 is 0.941 bits per heavy atom. The van der Waals surface area contributed by atoms with Crippen molar-refractivity contribution in [3.05, 3.63) is 69.7 Å².